The standard InChI is InChI=1S/C21H25N3O3.ClH/c1-14(23-21(26)19-11-10-18(13-22)27-19)16-8-5-9-17(12-16)24-20(25)15-6-3-2-4-7-15;/h2-9,12,14,18-19H,10-11,13,22H2,1H3,(H,23,26)(H,24,25);1H/t14?,18-,19+;/m1./s1. The van der Waals surface area contributed by atoms with E-state index < -0.39 is 6.10 Å². The number of hydrogen-bond donors (Lipinski definition) is 3. The molecular formula is C21H26ClN3O3. The summed E-state index contributed by atoms with van der Waals surface area (Å²) in [6.07, 6.45) is 1.02. The van der Waals surface area contributed by atoms with Gasteiger partial charge in [-0.15, -0.1) is 12.4 Å². The van der Waals surface area contributed by atoms with Gasteiger partial charge in [-0.1, -0.05) is 30.3 Å². The van der Waals surface area contributed by atoms with E-state index in [1.807, 2.05) is 49.4 Å². The highest BCUT2D eigenvalue weighted by molar-refractivity contribution is 6.04. The van der Waals surface area contributed by atoms with Crippen molar-refractivity contribution in [2.45, 2.75) is 38.0 Å². The second-order valence-electron chi connectivity index (χ2n) is 6.74. The Balaban J connectivity index is 0.00000280. The van der Waals surface area contributed by atoms with Crippen molar-refractivity contribution in [1.29, 1.82) is 0 Å². The number of nitrogens with one attached hydrogen (secondary N) is 2. The zero-order chi connectivity index (χ0) is 19.2. The molecule has 2 amide bonds. The highest BCUT2D eigenvalue weighted by Gasteiger charge is 2.30. The second kappa shape index (κ2) is 10.2. The molecule has 3 atom stereocenters. The van der Waals surface area contributed by atoms with Gasteiger partial charge in [0.2, 0.25) is 5.91 Å². The van der Waals surface area contributed by atoms with Crippen LogP contribution in [0.1, 0.15) is 41.7 Å². The first kappa shape index (κ1) is 21.9. The van der Waals surface area contributed by atoms with E-state index in [9.17, 15) is 9.59 Å². The molecule has 1 aliphatic rings. The zero-order valence-electron chi connectivity index (χ0n) is 15.8. The molecule has 2 aromatic rings. The molecule has 3 rings (SSSR count). The Morgan fingerprint density at radius 3 is 2.57 bits per heavy atom. The van der Waals surface area contributed by atoms with Gasteiger partial charge in [0.05, 0.1) is 12.1 Å². The molecular weight excluding hydrogens is 378 g/mol. The SMILES string of the molecule is CC(NC(=O)[C@@H]1CC[C@H](CN)O1)c1cccc(NC(=O)c2ccccc2)c1.Cl. The van der Waals surface area contributed by atoms with Crippen LogP contribution in [0.25, 0.3) is 0 Å². The van der Waals surface area contributed by atoms with Crippen molar-refractivity contribution in [2.24, 2.45) is 5.73 Å². The number of benzene rings is 2. The highest BCUT2D eigenvalue weighted by Crippen LogP contribution is 2.22. The Bertz CT molecular complexity index is 800. The van der Waals surface area contributed by atoms with Crippen LogP contribution in [0.4, 0.5) is 5.69 Å². The van der Waals surface area contributed by atoms with Gasteiger partial charge in [0, 0.05) is 17.8 Å². The zero-order valence-corrected chi connectivity index (χ0v) is 16.6. The third kappa shape index (κ3) is 5.55. The predicted molar refractivity (Wildman–Crippen MR) is 112 cm³/mol. The van der Waals surface area contributed by atoms with Gasteiger partial charge in [-0.05, 0) is 49.6 Å². The molecule has 1 aliphatic heterocycles. The van der Waals surface area contributed by atoms with Gasteiger partial charge in [0.25, 0.3) is 5.91 Å². The van der Waals surface area contributed by atoms with E-state index in [0.717, 1.165) is 12.0 Å². The summed E-state index contributed by atoms with van der Waals surface area (Å²) in [7, 11) is 0. The number of carbonyl (C=O) groups is 2. The average molecular weight is 404 g/mol. The molecule has 1 heterocycles. The quantitative estimate of drug-likeness (QED) is 0.691. The molecule has 2 aromatic carbocycles. The third-order valence-corrected chi connectivity index (χ3v) is 4.70. The minimum Gasteiger partial charge on any atom is -0.364 e. The third-order valence-electron chi connectivity index (χ3n) is 4.70. The lowest BCUT2D eigenvalue weighted by molar-refractivity contribution is -0.132. The van der Waals surface area contributed by atoms with E-state index in [1.54, 1.807) is 12.1 Å². The molecule has 0 radical (unpaired) electrons. The summed E-state index contributed by atoms with van der Waals surface area (Å²) in [6, 6.07) is 16.3. The van der Waals surface area contributed by atoms with Gasteiger partial charge in [-0.2, -0.15) is 0 Å². The molecule has 1 unspecified atom stereocenters. The largest absolute Gasteiger partial charge is 0.364 e. The maximum absolute atomic E-state index is 12.4. The molecule has 7 heteroatoms. The highest BCUT2D eigenvalue weighted by atomic mass is 35.5. The fraction of sp³-hybridized carbons (Fsp3) is 0.333. The summed E-state index contributed by atoms with van der Waals surface area (Å²) >= 11 is 0. The number of anilines is 1. The van der Waals surface area contributed by atoms with Gasteiger partial charge in [-0.3, -0.25) is 9.59 Å². The fourth-order valence-electron chi connectivity index (χ4n) is 3.14. The van der Waals surface area contributed by atoms with Gasteiger partial charge in [0.15, 0.2) is 0 Å². The number of rotatable bonds is 6. The first-order valence-electron chi connectivity index (χ1n) is 9.19. The van der Waals surface area contributed by atoms with Crippen LogP contribution < -0.4 is 16.4 Å². The topological polar surface area (TPSA) is 93.5 Å². The van der Waals surface area contributed by atoms with Crippen LogP contribution in [0, 0.1) is 0 Å². The maximum Gasteiger partial charge on any atom is 0.255 e. The minimum atomic E-state index is -0.443. The molecule has 0 spiro atoms. The van der Waals surface area contributed by atoms with Gasteiger partial charge in [-0.25, -0.2) is 0 Å². The number of nitrogens with two attached hydrogens (primary N) is 1. The Kier molecular flexibility index (Phi) is 7.99. The Morgan fingerprint density at radius 1 is 1.14 bits per heavy atom. The maximum atomic E-state index is 12.4. The molecule has 1 saturated heterocycles. The molecule has 0 saturated carbocycles. The van der Waals surface area contributed by atoms with E-state index in [-0.39, 0.29) is 36.4 Å². The summed E-state index contributed by atoms with van der Waals surface area (Å²) in [4.78, 5) is 24.7. The van der Waals surface area contributed by atoms with E-state index >= 15 is 0 Å². The fourth-order valence-corrected chi connectivity index (χ4v) is 3.14. The average Bonchev–Trinajstić information content (AvgIpc) is 3.18. The molecule has 28 heavy (non-hydrogen) atoms. The van der Waals surface area contributed by atoms with Crippen LogP contribution >= 0.6 is 12.4 Å². The van der Waals surface area contributed by atoms with Gasteiger partial charge in [0.1, 0.15) is 6.10 Å². The summed E-state index contributed by atoms with van der Waals surface area (Å²) in [6.45, 7) is 2.34. The van der Waals surface area contributed by atoms with Crippen LogP contribution in [-0.2, 0) is 9.53 Å². The lowest BCUT2D eigenvalue weighted by Gasteiger charge is -2.18. The summed E-state index contributed by atoms with van der Waals surface area (Å²) in [5.74, 6) is -0.297. The van der Waals surface area contributed by atoms with Crippen LogP contribution in [0.5, 0.6) is 0 Å². The number of hydrogen-bond acceptors (Lipinski definition) is 4. The van der Waals surface area contributed by atoms with Crippen LogP contribution in [0.3, 0.4) is 0 Å². The van der Waals surface area contributed by atoms with Crippen molar-refractivity contribution in [3.05, 3.63) is 65.7 Å². The van der Waals surface area contributed by atoms with E-state index in [2.05, 4.69) is 10.6 Å². The van der Waals surface area contributed by atoms with E-state index in [0.29, 0.717) is 24.2 Å². The molecule has 0 bridgehead atoms. The number of ether oxygens (including phenoxy) is 1. The van der Waals surface area contributed by atoms with E-state index in [4.69, 9.17) is 10.5 Å². The van der Waals surface area contributed by atoms with Crippen molar-refractivity contribution in [2.75, 3.05) is 11.9 Å². The first-order chi connectivity index (χ1) is 13.1. The predicted octanol–water partition coefficient (Wildman–Crippen LogP) is 3.04. The Labute approximate surface area is 171 Å². The Morgan fingerprint density at radius 2 is 1.89 bits per heavy atom. The van der Waals surface area contributed by atoms with Gasteiger partial charge < -0.3 is 21.1 Å². The number of halogens is 1. The molecule has 150 valence electrons. The molecule has 0 aliphatic carbocycles. The summed E-state index contributed by atoms with van der Waals surface area (Å²) < 4.78 is 5.64. The van der Waals surface area contributed by atoms with Crippen molar-refractivity contribution in [1.82, 2.24) is 5.32 Å². The van der Waals surface area contributed by atoms with Crippen molar-refractivity contribution in [3.63, 3.8) is 0 Å². The van der Waals surface area contributed by atoms with E-state index in [1.165, 1.54) is 0 Å². The lowest BCUT2D eigenvalue weighted by atomic mass is 10.1. The molecule has 4 N–H and O–H groups in total. The van der Waals surface area contributed by atoms with Crippen LogP contribution in [0.2, 0.25) is 0 Å². The number of carbonyl (C=O) groups excluding carboxylic acids is 2. The molecule has 0 aromatic heterocycles. The monoisotopic (exact) mass is 403 g/mol. The van der Waals surface area contributed by atoms with Crippen molar-refractivity contribution >= 4 is 29.9 Å². The lowest BCUT2D eigenvalue weighted by Crippen LogP contribution is -2.37. The summed E-state index contributed by atoms with van der Waals surface area (Å²) in [5.41, 5.74) is 7.78. The molecule has 1 fully saturated rings. The summed E-state index contributed by atoms with van der Waals surface area (Å²) in [5, 5.41) is 5.86. The normalized spacial score (nSPS) is 19.4. The Hall–Kier alpha value is -2.41. The first-order valence-corrected chi connectivity index (χ1v) is 9.19. The molecule has 6 nitrogen and oxygen atoms in total. The number of amides is 2. The van der Waals surface area contributed by atoms with Crippen LogP contribution in [0.15, 0.2) is 54.6 Å². The second-order valence-corrected chi connectivity index (χ2v) is 6.74. The van der Waals surface area contributed by atoms with Crippen molar-refractivity contribution in [3.8, 4) is 0 Å². The minimum absolute atomic E-state index is 0. The van der Waals surface area contributed by atoms with Crippen LogP contribution in [-0.4, -0.2) is 30.6 Å². The van der Waals surface area contributed by atoms with Crippen molar-refractivity contribution < 1.29 is 14.3 Å². The smallest absolute Gasteiger partial charge is 0.255 e. The van der Waals surface area contributed by atoms with Gasteiger partial charge >= 0.3 is 0 Å².